The first-order valence-electron chi connectivity index (χ1n) is 10.6. The number of hydrogen-bond acceptors (Lipinski definition) is 4. The van der Waals surface area contributed by atoms with Crippen molar-refractivity contribution < 1.29 is 14.3 Å². The van der Waals surface area contributed by atoms with Gasteiger partial charge in [-0.2, -0.15) is 0 Å². The Balaban J connectivity index is 1.48. The molecule has 0 aliphatic carbocycles. The highest BCUT2D eigenvalue weighted by atomic mass is 16.5. The van der Waals surface area contributed by atoms with Crippen LogP contribution in [0.3, 0.4) is 0 Å². The number of aryl methyl sites for hydroxylation is 1. The highest BCUT2D eigenvalue weighted by molar-refractivity contribution is 5.97. The van der Waals surface area contributed by atoms with Crippen LogP contribution in [-0.2, 0) is 4.79 Å². The zero-order chi connectivity index (χ0) is 22.2. The van der Waals surface area contributed by atoms with Gasteiger partial charge in [-0.15, -0.1) is 0 Å². The molecule has 0 spiro atoms. The van der Waals surface area contributed by atoms with E-state index in [1.165, 1.54) is 0 Å². The Morgan fingerprint density at radius 2 is 1.84 bits per heavy atom. The molecule has 0 saturated carbocycles. The number of nitrogens with zero attached hydrogens (tertiary/aromatic N) is 1. The van der Waals surface area contributed by atoms with Crippen molar-refractivity contribution in [2.45, 2.75) is 33.2 Å². The average Bonchev–Trinajstić information content (AvgIpc) is 2.76. The van der Waals surface area contributed by atoms with Crippen LogP contribution in [0.4, 0.5) is 0 Å². The molecule has 2 amide bonds. The van der Waals surface area contributed by atoms with Gasteiger partial charge in [0.1, 0.15) is 17.3 Å². The smallest absolute Gasteiger partial charge is 0.251 e. The third kappa shape index (κ3) is 6.04. The molecule has 1 aromatic heterocycles. The summed E-state index contributed by atoms with van der Waals surface area (Å²) in [5, 5.41) is 6.79. The van der Waals surface area contributed by atoms with Gasteiger partial charge in [-0.05, 0) is 43.5 Å². The van der Waals surface area contributed by atoms with Crippen molar-refractivity contribution in [3.63, 3.8) is 0 Å². The van der Waals surface area contributed by atoms with Crippen molar-refractivity contribution in [1.29, 1.82) is 0 Å². The number of amides is 2. The predicted molar refractivity (Wildman–Crippen MR) is 122 cm³/mol. The van der Waals surface area contributed by atoms with Crippen LogP contribution in [0.1, 0.15) is 36.2 Å². The van der Waals surface area contributed by atoms with E-state index in [2.05, 4.69) is 15.6 Å². The Hall–Kier alpha value is -3.41. The molecule has 2 aromatic carbocycles. The standard InChI is InChI=1S/C25H29N3O3/c1-17(2)22(28-24(29)20-10-4-8-18(3)16-20)25(30)27-14-7-15-31-21-12-5-9-19-11-6-13-26-23(19)21/h4-6,8-13,16-17,22H,7,14-15H2,1-3H3,(H,27,30)(H,28,29). The molecule has 2 N–H and O–H groups in total. The molecule has 1 atom stereocenters. The van der Waals surface area contributed by atoms with Gasteiger partial charge in [0.2, 0.25) is 5.91 Å². The van der Waals surface area contributed by atoms with Crippen molar-refractivity contribution in [3.8, 4) is 5.75 Å². The van der Waals surface area contributed by atoms with Gasteiger partial charge in [-0.1, -0.05) is 49.7 Å². The molecule has 0 fully saturated rings. The summed E-state index contributed by atoms with van der Waals surface area (Å²) in [4.78, 5) is 29.6. The summed E-state index contributed by atoms with van der Waals surface area (Å²) in [5.41, 5.74) is 2.38. The molecule has 6 nitrogen and oxygen atoms in total. The van der Waals surface area contributed by atoms with E-state index in [-0.39, 0.29) is 17.7 Å². The summed E-state index contributed by atoms with van der Waals surface area (Å²) >= 11 is 0. The second-order valence-corrected chi connectivity index (χ2v) is 7.89. The first-order chi connectivity index (χ1) is 15.0. The summed E-state index contributed by atoms with van der Waals surface area (Å²) in [5.74, 6) is 0.258. The lowest BCUT2D eigenvalue weighted by molar-refractivity contribution is -0.123. The van der Waals surface area contributed by atoms with E-state index in [9.17, 15) is 9.59 Å². The highest BCUT2D eigenvalue weighted by Gasteiger charge is 2.24. The molecule has 0 aliphatic heterocycles. The van der Waals surface area contributed by atoms with Gasteiger partial charge in [0.05, 0.1) is 6.61 Å². The van der Waals surface area contributed by atoms with Gasteiger partial charge in [0.25, 0.3) is 5.91 Å². The monoisotopic (exact) mass is 419 g/mol. The van der Waals surface area contributed by atoms with Crippen LogP contribution in [0.15, 0.2) is 60.8 Å². The topological polar surface area (TPSA) is 80.3 Å². The zero-order valence-electron chi connectivity index (χ0n) is 18.2. The molecule has 0 aliphatic rings. The lowest BCUT2D eigenvalue weighted by atomic mass is 10.0. The minimum atomic E-state index is -0.601. The summed E-state index contributed by atoms with van der Waals surface area (Å²) in [7, 11) is 0. The van der Waals surface area contributed by atoms with Gasteiger partial charge in [0, 0.05) is 23.7 Å². The van der Waals surface area contributed by atoms with Crippen molar-refractivity contribution >= 4 is 22.7 Å². The first kappa shape index (κ1) is 22.3. The Morgan fingerprint density at radius 3 is 2.61 bits per heavy atom. The van der Waals surface area contributed by atoms with Crippen molar-refractivity contribution in [1.82, 2.24) is 15.6 Å². The number of carbonyl (C=O) groups is 2. The third-order valence-electron chi connectivity index (χ3n) is 4.99. The Bertz CT molecular complexity index is 1040. The molecule has 162 valence electrons. The average molecular weight is 420 g/mol. The number of aromatic nitrogens is 1. The summed E-state index contributed by atoms with van der Waals surface area (Å²) in [6.07, 6.45) is 2.39. The number of para-hydroxylation sites is 1. The highest BCUT2D eigenvalue weighted by Crippen LogP contribution is 2.22. The normalized spacial score (nSPS) is 11.9. The Morgan fingerprint density at radius 1 is 1.06 bits per heavy atom. The molecule has 3 rings (SSSR count). The molecule has 31 heavy (non-hydrogen) atoms. The third-order valence-corrected chi connectivity index (χ3v) is 4.99. The molecule has 0 radical (unpaired) electrons. The maximum absolute atomic E-state index is 12.6. The fourth-order valence-corrected chi connectivity index (χ4v) is 3.31. The lowest BCUT2D eigenvalue weighted by Crippen LogP contribution is -2.50. The number of hydrogen-bond donors (Lipinski definition) is 2. The van der Waals surface area contributed by atoms with E-state index in [1.807, 2.05) is 69.3 Å². The van der Waals surface area contributed by atoms with E-state index >= 15 is 0 Å². The minimum absolute atomic E-state index is 0.0354. The largest absolute Gasteiger partial charge is 0.491 e. The number of rotatable bonds is 9. The van der Waals surface area contributed by atoms with Crippen LogP contribution in [0.5, 0.6) is 5.75 Å². The Kier molecular flexibility index (Phi) is 7.60. The molecular weight excluding hydrogens is 390 g/mol. The van der Waals surface area contributed by atoms with Crippen LogP contribution in [0.25, 0.3) is 10.9 Å². The van der Waals surface area contributed by atoms with Gasteiger partial charge in [0.15, 0.2) is 0 Å². The van der Waals surface area contributed by atoms with Crippen LogP contribution in [-0.4, -0.2) is 36.0 Å². The maximum atomic E-state index is 12.6. The molecule has 1 heterocycles. The van der Waals surface area contributed by atoms with E-state index < -0.39 is 6.04 Å². The fraction of sp³-hybridized carbons (Fsp3) is 0.320. The number of benzene rings is 2. The minimum Gasteiger partial charge on any atom is -0.491 e. The van der Waals surface area contributed by atoms with Gasteiger partial charge in [-0.3, -0.25) is 14.6 Å². The van der Waals surface area contributed by atoms with Crippen LogP contribution >= 0.6 is 0 Å². The zero-order valence-corrected chi connectivity index (χ0v) is 18.2. The van der Waals surface area contributed by atoms with Gasteiger partial charge >= 0.3 is 0 Å². The second kappa shape index (κ2) is 10.6. The number of fused-ring (bicyclic) bond motifs is 1. The van der Waals surface area contributed by atoms with Gasteiger partial charge < -0.3 is 15.4 Å². The lowest BCUT2D eigenvalue weighted by Gasteiger charge is -2.22. The summed E-state index contributed by atoms with van der Waals surface area (Å²) < 4.78 is 5.86. The SMILES string of the molecule is Cc1cccc(C(=O)NC(C(=O)NCCCOc2cccc3cccnc23)C(C)C)c1. The van der Waals surface area contributed by atoms with Crippen molar-refractivity contribution in [2.24, 2.45) is 5.92 Å². The van der Waals surface area contributed by atoms with Gasteiger partial charge in [-0.25, -0.2) is 0 Å². The van der Waals surface area contributed by atoms with Crippen LogP contribution < -0.4 is 15.4 Å². The first-order valence-corrected chi connectivity index (χ1v) is 10.6. The summed E-state index contributed by atoms with van der Waals surface area (Å²) in [6.45, 7) is 6.67. The van der Waals surface area contributed by atoms with Crippen LogP contribution in [0, 0.1) is 12.8 Å². The molecule has 6 heteroatoms. The summed E-state index contributed by atoms with van der Waals surface area (Å²) in [6, 6.07) is 16.4. The van der Waals surface area contributed by atoms with E-state index in [1.54, 1.807) is 12.3 Å². The Labute approximate surface area is 183 Å². The molecular formula is C25H29N3O3. The number of pyridine rings is 1. The van der Waals surface area contributed by atoms with E-state index in [0.29, 0.717) is 25.1 Å². The van der Waals surface area contributed by atoms with E-state index in [0.717, 1.165) is 22.2 Å². The number of ether oxygens (including phenoxy) is 1. The molecule has 0 bridgehead atoms. The van der Waals surface area contributed by atoms with E-state index in [4.69, 9.17) is 4.74 Å². The molecule has 0 saturated heterocycles. The maximum Gasteiger partial charge on any atom is 0.251 e. The number of carbonyl (C=O) groups excluding carboxylic acids is 2. The van der Waals surface area contributed by atoms with Crippen molar-refractivity contribution in [2.75, 3.05) is 13.2 Å². The molecule has 1 unspecified atom stereocenters. The quantitative estimate of drug-likeness (QED) is 0.516. The predicted octanol–water partition coefficient (Wildman–Crippen LogP) is 3.88. The number of nitrogens with one attached hydrogen (secondary N) is 2. The fourth-order valence-electron chi connectivity index (χ4n) is 3.31. The van der Waals surface area contributed by atoms with Crippen LogP contribution in [0.2, 0.25) is 0 Å². The molecule has 3 aromatic rings. The second-order valence-electron chi connectivity index (χ2n) is 7.89. The van der Waals surface area contributed by atoms with Crippen molar-refractivity contribution in [3.05, 3.63) is 71.9 Å².